The third kappa shape index (κ3) is 7.20. The maximum Gasteiger partial charge on any atom is 0.196 e. The second-order valence-corrected chi connectivity index (χ2v) is 6.21. The molecule has 0 spiro atoms. The number of aliphatic hydroxyl groups is 1. The predicted octanol–water partition coefficient (Wildman–Crippen LogP) is 4.84. The summed E-state index contributed by atoms with van der Waals surface area (Å²) in [6.07, 6.45) is -0.256. The van der Waals surface area contributed by atoms with E-state index < -0.39 is 6.10 Å². The second-order valence-electron chi connectivity index (χ2n) is 6.21. The van der Waals surface area contributed by atoms with E-state index in [1.807, 2.05) is 50.2 Å². The fourth-order valence-corrected chi connectivity index (χ4v) is 2.52. The van der Waals surface area contributed by atoms with E-state index in [9.17, 15) is 9.90 Å². The summed E-state index contributed by atoms with van der Waals surface area (Å²) in [6, 6.07) is 16.6. The van der Waals surface area contributed by atoms with Gasteiger partial charge in [-0.15, -0.1) is 0 Å². The third-order valence-electron chi connectivity index (χ3n) is 3.68. The van der Waals surface area contributed by atoms with Crippen LogP contribution in [-0.2, 0) is 11.2 Å². The van der Waals surface area contributed by atoms with Crippen LogP contribution in [0.2, 0.25) is 0 Å². The van der Waals surface area contributed by atoms with Crippen LogP contribution >= 0.6 is 0 Å². The monoisotopic (exact) mass is 342 g/mol. The normalized spacial score (nSPS) is 11.6. The number of carbonyl (C=O) groups excluding carboxylic acids is 1. The van der Waals surface area contributed by atoms with E-state index in [0.717, 1.165) is 25.2 Å². The highest BCUT2D eigenvalue weighted by Gasteiger charge is 2.21. The lowest BCUT2D eigenvalue weighted by Gasteiger charge is -2.14. The van der Waals surface area contributed by atoms with Crippen LogP contribution < -0.4 is 0 Å². The molecule has 0 aromatic heterocycles. The van der Waals surface area contributed by atoms with Crippen molar-refractivity contribution in [2.45, 2.75) is 40.2 Å². The van der Waals surface area contributed by atoms with Gasteiger partial charge in [-0.3, -0.25) is 4.79 Å². The first-order valence-corrected chi connectivity index (χ1v) is 8.94. The average Bonchev–Trinajstić information content (AvgIpc) is 2.62. The summed E-state index contributed by atoms with van der Waals surface area (Å²) in [6.45, 7) is 9.91. The molecule has 0 saturated heterocycles. The first kappa shape index (κ1) is 21.1. The topological polar surface area (TPSA) is 46.5 Å². The maximum atomic E-state index is 12.5. The zero-order valence-electron chi connectivity index (χ0n) is 15.7. The van der Waals surface area contributed by atoms with Gasteiger partial charge in [-0.1, -0.05) is 68.4 Å². The molecule has 0 aliphatic rings. The quantitative estimate of drug-likeness (QED) is 0.732. The van der Waals surface area contributed by atoms with Crippen molar-refractivity contribution in [2.24, 2.45) is 5.92 Å². The first-order chi connectivity index (χ1) is 12.0. The minimum absolute atomic E-state index is 0.229. The molecule has 0 aliphatic carbocycles. The Morgan fingerprint density at radius 1 is 0.960 bits per heavy atom. The smallest absolute Gasteiger partial charge is 0.196 e. The minimum Gasteiger partial charge on any atom is -0.382 e. The van der Waals surface area contributed by atoms with E-state index in [-0.39, 0.29) is 5.78 Å². The molecular formula is C22H30O3. The Labute approximate surface area is 151 Å². The van der Waals surface area contributed by atoms with Crippen LogP contribution in [0.1, 0.15) is 55.3 Å². The Kier molecular flexibility index (Phi) is 9.75. The molecule has 0 aliphatic heterocycles. The van der Waals surface area contributed by atoms with Gasteiger partial charge in [0.2, 0.25) is 0 Å². The highest BCUT2D eigenvalue weighted by Crippen LogP contribution is 2.22. The number of carbonyl (C=O) groups is 1. The molecule has 1 unspecified atom stereocenters. The molecular weight excluding hydrogens is 312 g/mol. The summed E-state index contributed by atoms with van der Waals surface area (Å²) in [4.78, 5) is 12.5. The fourth-order valence-electron chi connectivity index (χ4n) is 2.52. The Bertz CT molecular complexity index is 618. The number of benzene rings is 2. The van der Waals surface area contributed by atoms with Crippen LogP contribution in [-0.4, -0.2) is 24.1 Å². The Hall–Kier alpha value is -1.97. The highest BCUT2D eigenvalue weighted by atomic mass is 16.5. The van der Waals surface area contributed by atoms with Gasteiger partial charge >= 0.3 is 0 Å². The summed E-state index contributed by atoms with van der Waals surface area (Å²) < 4.78 is 4.83. The van der Waals surface area contributed by atoms with E-state index in [1.165, 1.54) is 0 Å². The number of hydrogen-bond acceptors (Lipinski definition) is 3. The third-order valence-corrected chi connectivity index (χ3v) is 3.68. The van der Waals surface area contributed by atoms with Gasteiger partial charge in [-0.05, 0) is 37.3 Å². The standard InChI is InChI=1S/C18H20O2.C4H10O/c1-13(2)12-15-10-6-7-11-16(15)18(20)17(19)14-8-4-3-5-9-14;1-3-5-4-2/h3-11,13,17,19H,12H2,1-2H3;3-4H2,1-2H3. The molecule has 3 heteroatoms. The molecule has 25 heavy (non-hydrogen) atoms. The number of rotatable bonds is 7. The summed E-state index contributed by atoms with van der Waals surface area (Å²) in [7, 11) is 0. The SMILES string of the molecule is CC(C)Cc1ccccc1C(=O)C(O)c1ccccc1.CCOCC. The average molecular weight is 342 g/mol. The molecule has 3 nitrogen and oxygen atoms in total. The van der Waals surface area contributed by atoms with Crippen molar-refractivity contribution in [1.82, 2.24) is 0 Å². The van der Waals surface area contributed by atoms with Gasteiger partial charge in [-0.25, -0.2) is 0 Å². The Morgan fingerprint density at radius 3 is 2.04 bits per heavy atom. The van der Waals surface area contributed by atoms with E-state index in [1.54, 1.807) is 18.2 Å². The summed E-state index contributed by atoms with van der Waals surface area (Å²) in [5, 5.41) is 10.3. The van der Waals surface area contributed by atoms with Gasteiger partial charge in [0.25, 0.3) is 0 Å². The molecule has 2 aromatic rings. The van der Waals surface area contributed by atoms with Crippen molar-refractivity contribution in [3.63, 3.8) is 0 Å². The number of hydrogen-bond donors (Lipinski definition) is 1. The molecule has 0 fully saturated rings. The van der Waals surface area contributed by atoms with Crippen molar-refractivity contribution in [3.05, 3.63) is 71.3 Å². The number of ketones is 1. The number of ether oxygens (including phenoxy) is 1. The van der Waals surface area contributed by atoms with Gasteiger partial charge < -0.3 is 9.84 Å². The van der Waals surface area contributed by atoms with Crippen LogP contribution in [0.4, 0.5) is 0 Å². The van der Waals surface area contributed by atoms with Gasteiger partial charge in [0, 0.05) is 18.8 Å². The summed E-state index contributed by atoms with van der Waals surface area (Å²) in [5.41, 5.74) is 2.26. The van der Waals surface area contributed by atoms with Crippen molar-refractivity contribution in [3.8, 4) is 0 Å². The van der Waals surface area contributed by atoms with Crippen LogP contribution in [0.5, 0.6) is 0 Å². The molecule has 0 saturated carbocycles. The molecule has 136 valence electrons. The second kappa shape index (κ2) is 11.6. The first-order valence-electron chi connectivity index (χ1n) is 8.94. The van der Waals surface area contributed by atoms with E-state index in [4.69, 9.17) is 4.74 Å². The zero-order chi connectivity index (χ0) is 18.7. The molecule has 0 radical (unpaired) electrons. The van der Waals surface area contributed by atoms with E-state index >= 15 is 0 Å². The molecule has 2 rings (SSSR count). The van der Waals surface area contributed by atoms with E-state index in [0.29, 0.717) is 17.0 Å². The lowest BCUT2D eigenvalue weighted by atomic mass is 9.92. The number of Topliss-reactive ketones (excluding diaryl/α,β-unsaturated/α-hetero) is 1. The van der Waals surface area contributed by atoms with Crippen LogP contribution in [0, 0.1) is 5.92 Å². The summed E-state index contributed by atoms with van der Waals surface area (Å²) in [5.74, 6) is 0.241. The Balaban J connectivity index is 0.000000550. The Morgan fingerprint density at radius 2 is 1.52 bits per heavy atom. The lowest BCUT2D eigenvalue weighted by molar-refractivity contribution is 0.0746. The van der Waals surface area contributed by atoms with Gasteiger partial charge in [-0.2, -0.15) is 0 Å². The van der Waals surface area contributed by atoms with Crippen LogP contribution in [0.25, 0.3) is 0 Å². The van der Waals surface area contributed by atoms with Crippen molar-refractivity contribution in [1.29, 1.82) is 0 Å². The minimum atomic E-state index is -1.09. The highest BCUT2D eigenvalue weighted by molar-refractivity contribution is 6.01. The molecule has 1 N–H and O–H groups in total. The molecule has 0 amide bonds. The predicted molar refractivity (Wildman–Crippen MR) is 103 cm³/mol. The number of aliphatic hydroxyl groups excluding tert-OH is 1. The van der Waals surface area contributed by atoms with Gasteiger partial charge in [0.05, 0.1) is 0 Å². The van der Waals surface area contributed by atoms with Gasteiger partial charge in [0.1, 0.15) is 6.10 Å². The van der Waals surface area contributed by atoms with Gasteiger partial charge in [0.15, 0.2) is 5.78 Å². The van der Waals surface area contributed by atoms with Crippen molar-refractivity contribution < 1.29 is 14.6 Å². The largest absolute Gasteiger partial charge is 0.382 e. The zero-order valence-corrected chi connectivity index (χ0v) is 15.7. The van der Waals surface area contributed by atoms with Crippen LogP contribution in [0.3, 0.4) is 0 Å². The van der Waals surface area contributed by atoms with Crippen LogP contribution in [0.15, 0.2) is 54.6 Å². The fraction of sp³-hybridized carbons (Fsp3) is 0.409. The lowest BCUT2D eigenvalue weighted by Crippen LogP contribution is -2.15. The maximum absolute atomic E-state index is 12.5. The van der Waals surface area contributed by atoms with Crippen molar-refractivity contribution >= 4 is 5.78 Å². The molecule has 2 aromatic carbocycles. The molecule has 0 heterocycles. The van der Waals surface area contributed by atoms with E-state index in [2.05, 4.69) is 13.8 Å². The molecule has 0 bridgehead atoms. The summed E-state index contributed by atoms with van der Waals surface area (Å²) >= 11 is 0. The van der Waals surface area contributed by atoms with Crippen molar-refractivity contribution in [2.75, 3.05) is 13.2 Å². The molecule has 1 atom stereocenters.